The van der Waals surface area contributed by atoms with Gasteiger partial charge in [0.05, 0.1) is 0 Å². The highest BCUT2D eigenvalue weighted by molar-refractivity contribution is 5.73. The highest BCUT2D eigenvalue weighted by Gasteiger charge is 2.20. The molecule has 0 atom stereocenters. The molecule has 0 amide bonds. The number of aromatic amines is 1. The molecule has 0 bridgehead atoms. The fourth-order valence-electron chi connectivity index (χ4n) is 2.28. The van der Waals surface area contributed by atoms with E-state index in [-0.39, 0.29) is 11.1 Å². The first-order valence-electron chi connectivity index (χ1n) is 5.65. The number of aryl methyl sites for hydroxylation is 1. The molecule has 2 rings (SSSR count). The van der Waals surface area contributed by atoms with Gasteiger partial charge in [0.1, 0.15) is 11.6 Å². The summed E-state index contributed by atoms with van der Waals surface area (Å²) in [5, 5.41) is 9.12. The van der Waals surface area contributed by atoms with E-state index in [1.807, 2.05) is 31.3 Å². The lowest BCUT2D eigenvalue weighted by atomic mass is 9.86. The van der Waals surface area contributed by atoms with E-state index in [0.717, 1.165) is 36.0 Å². The van der Waals surface area contributed by atoms with Gasteiger partial charge in [-0.3, -0.25) is 4.79 Å². The summed E-state index contributed by atoms with van der Waals surface area (Å²) in [6.45, 7) is 0. The summed E-state index contributed by atoms with van der Waals surface area (Å²) in [5.74, 6) is 0. The van der Waals surface area contributed by atoms with Crippen LogP contribution in [-0.4, -0.2) is 24.0 Å². The molecule has 0 fully saturated rings. The quantitative estimate of drug-likeness (QED) is 0.793. The molecule has 4 nitrogen and oxygen atoms in total. The smallest absolute Gasteiger partial charge is 0.266 e. The molecule has 4 heteroatoms. The van der Waals surface area contributed by atoms with Crippen LogP contribution >= 0.6 is 0 Å². The maximum absolute atomic E-state index is 11.6. The molecule has 0 aliphatic heterocycles. The summed E-state index contributed by atoms with van der Waals surface area (Å²) in [5.41, 5.74) is 2.95. The number of aromatic nitrogens is 1. The van der Waals surface area contributed by atoms with Crippen molar-refractivity contribution in [3.63, 3.8) is 0 Å². The zero-order valence-electron chi connectivity index (χ0n) is 10.1. The molecular formula is C13H15N3O. The SMILES string of the molecule is CN(C)C=C1CCCc2c[nH]c(=O)c(C#N)c21. The molecule has 0 aromatic carbocycles. The van der Waals surface area contributed by atoms with Gasteiger partial charge in [0.15, 0.2) is 0 Å². The van der Waals surface area contributed by atoms with Gasteiger partial charge in [0, 0.05) is 32.1 Å². The summed E-state index contributed by atoms with van der Waals surface area (Å²) in [4.78, 5) is 16.2. The molecule has 0 spiro atoms. The van der Waals surface area contributed by atoms with Crippen LogP contribution in [0.15, 0.2) is 17.2 Å². The van der Waals surface area contributed by atoms with Gasteiger partial charge in [-0.25, -0.2) is 0 Å². The molecule has 0 unspecified atom stereocenters. The molecule has 1 aliphatic rings. The Hall–Kier alpha value is -2.02. The Labute approximate surface area is 100 Å². The second-order valence-corrected chi connectivity index (χ2v) is 4.48. The number of hydrogen-bond donors (Lipinski definition) is 1. The minimum atomic E-state index is -0.294. The van der Waals surface area contributed by atoms with E-state index in [9.17, 15) is 4.79 Å². The van der Waals surface area contributed by atoms with Crippen LogP contribution in [0.3, 0.4) is 0 Å². The molecule has 1 aromatic rings. The number of hydrogen-bond acceptors (Lipinski definition) is 3. The van der Waals surface area contributed by atoms with Gasteiger partial charge in [-0.15, -0.1) is 0 Å². The van der Waals surface area contributed by atoms with Crippen LogP contribution in [0.25, 0.3) is 5.57 Å². The van der Waals surface area contributed by atoms with Crippen molar-refractivity contribution < 1.29 is 0 Å². The van der Waals surface area contributed by atoms with Crippen molar-refractivity contribution in [2.24, 2.45) is 0 Å². The van der Waals surface area contributed by atoms with Gasteiger partial charge < -0.3 is 9.88 Å². The average molecular weight is 229 g/mol. The largest absolute Gasteiger partial charge is 0.383 e. The fraction of sp³-hybridized carbons (Fsp3) is 0.385. The Balaban J connectivity index is 2.68. The lowest BCUT2D eigenvalue weighted by Gasteiger charge is -2.21. The Morgan fingerprint density at radius 2 is 2.24 bits per heavy atom. The maximum Gasteiger partial charge on any atom is 0.266 e. The Morgan fingerprint density at radius 1 is 1.47 bits per heavy atom. The second-order valence-electron chi connectivity index (χ2n) is 4.48. The Bertz CT molecular complexity index is 561. The lowest BCUT2D eigenvalue weighted by Crippen LogP contribution is -2.18. The third-order valence-electron chi connectivity index (χ3n) is 2.91. The number of nitriles is 1. The van der Waals surface area contributed by atoms with E-state index in [0.29, 0.717) is 0 Å². The molecular weight excluding hydrogens is 214 g/mol. The van der Waals surface area contributed by atoms with Gasteiger partial charge in [0.25, 0.3) is 5.56 Å². The molecule has 1 aromatic heterocycles. The zero-order valence-corrected chi connectivity index (χ0v) is 10.1. The molecule has 1 heterocycles. The number of H-pyrrole nitrogens is 1. The van der Waals surface area contributed by atoms with Crippen LogP contribution in [0.4, 0.5) is 0 Å². The second kappa shape index (κ2) is 4.46. The summed E-state index contributed by atoms with van der Waals surface area (Å²) in [6, 6.07) is 2.02. The fourth-order valence-corrected chi connectivity index (χ4v) is 2.28. The average Bonchev–Trinajstić information content (AvgIpc) is 2.29. The third kappa shape index (κ3) is 2.09. The van der Waals surface area contributed by atoms with Gasteiger partial charge in [-0.05, 0) is 30.4 Å². The van der Waals surface area contributed by atoms with Crippen LogP contribution in [0.1, 0.15) is 29.5 Å². The summed E-state index contributed by atoms with van der Waals surface area (Å²) in [6.07, 6.45) is 6.64. The lowest BCUT2D eigenvalue weighted by molar-refractivity contribution is 0.562. The number of rotatable bonds is 1. The molecule has 1 N–H and O–H groups in total. The normalized spacial score (nSPS) is 16.4. The predicted octanol–water partition coefficient (Wildman–Crippen LogP) is 1.49. The van der Waals surface area contributed by atoms with Crippen LogP contribution in [0, 0.1) is 11.3 Å². The van der Waals surface area contributed by atoms with Crippen molar-refractivity contribution in [2.45, 2.75) is 19.3 Å². The number of fused-ring (bicyclic) bond motifs is 1. The van der Waals surface area contributed by atoms with Crippen molar-refractivity contribution in [3.05, 3.63) is 39.4 Å². The molecule has 17 heavy (non-hydrogen) atoms. The molecule has 0 saturated carbocycles. The van der Waals surface area contributed by atoms with Crippen molar-refractivity contribution in [3.8, 4) is 6.07 Å². The number of allylic oxidation sites excluding steroid dienone is 1. The van der Waals surface area contributed by atoms with Gasteiger partial charge in [0.2, 0.25) is 0 Å². The molecule has 88 valence electrons. The van der Waals surface area contributed by atoms with E-state index in [1.54, 1.807) is 6.20 Å². The van der Waals surface area contributed by atoms with E-state index >= 15 is 0 Å². The first kappa shape index (κ1) is 11.5. The van der Waals surface area contributed by atoms with E-state index in [4.69, 9.17) is 5.26 Å². The minimum absolute atomic E-state index is 0.246. The van der Waals surface area contributed by atoms with E-state index < -0.39 is 0 Å². The highest BCUT2D eigenvalue weighted by atomic mass is 16.1. The molecule has 0 saturated heterocycles. The summed E-state index contributed by atoms with van der Waals surface area (Å²) >= 11 is 0. The molecule has 1 aliphatic carbocycles. The van der Waals surface area contributed by atoms with Crippen molar-refractivity contribution in [1.29, 1.82) is 5.26 Å². The van der Waals surface area contributed by atoms with Gasteiger partial charge in [-0.1, -0.05) is 0 Å². The third-order valence-corrected chi connectivity index (χ3v) is 2.91. The number of nitrogens with one attached hydrogen (secondary N) is 1. The summed E-state index contributed by atoms with van der Waals surface area (Å²) in [7, 11) is 3.89. The van der Waals surface area contributed by atoms with Crippen molar-refractivity contribution in [1.82, 2.24) is 9.88 Å². The Morgan fingerprint density at radius 3 is 2.88 bits per heavy atom. The monoisotopic (exact) mass is 229 g/mol. The number of nitrogens with zero attached hydrogens (tertiary/aromatic N) is 2. The first-order chi connectivity index (χ1) is 8.13. The van der Waals surface area contributed by atoms with Gasteiger partial charge in [-0.2, -0.15) is 5.26 Å². The highest BCUT2D eigenvalue weighted by Crippen LogP contribution is 2.31. The Kier molecular flexibility index (Phi) is 3.01. The van der Waals surface area contributed by atoms with Crippen LogP contribution < -0.4 is 5.56 Å². The number of pyridine rings is 1. The predicted molar refractivity (Wildman–Crippen MR) is 66.4 cm³/mol. The van der Waals surface area contributed by atoms with Crippen LogP contribution in [0.5, 0.6) is 0 Å². The van der Waals surface area contributed by atoms with Crippen LogP contribution in [-0.2, 0) is 6.42 Å². The van der Waals surface area contributed by atoms with E-state index in [1.165, 1.54) is 0 Å². The van der Waals surface area contributed by atoms with Gasteiger partial charge >= 0.3 is 0 Å². The standard InChI is InChI=1S/C13H15N3O/c1-16(2)8-10-5-3-4-9-7-15-13(17)11(6-14)12(9)10/h7-8H,3-5H2,1-2H3,(H,15,17). The zero-order chi connectivity index (χ0) is 12.4. The van der Waals surface area contributed by atoms with Crippen molar-refractivity contribution in [2.75, 3.05) is 14.1 Å². The van der Waals surface area contributed by atoms with E-state index in [2.05, 4.69) is 4.98 Å². The first-order valence-corrected chi connectivity index (χ1v) is 5.65. The van der Waals surface area contributed by atoms with Crippen molar-refractivity contribution >= 4 is 5.57 Å². The maximum atomic E-state index is 11.6. The minimum Gasteiger partial charge on any atom is -0.383 e. The summed E-state index contributed by atoms with van der Waals surface area (Å²) < 4.78 is 0. The van der Waals surface area contributed by atoms with Crippen LogP contribution in [0.2, 0.25) is 0 Å². The topological polar surface area (TPSA) is 59.9 Å². The molecule has 0 radical (unpaired) electrons.